The number of hydrogen-bond acceptors (Lipinski definition) is 4. The smallest absolute Gasteiger partial charge is 0.279 e. The van der Waals surface area contributed by atoms with Crippen LogP contribution in [-0.2, 0) is 4.79 Å². The molecule has 0 heterocycles. The minimum Gasteiger partial charge on any atom is -0.494 e. The molecule has 26 heavy (non-hydrogen) atoms. The second-order valence-electron chi connectivity index (χ2n) is 5.23. The van der Waals surface area contributed by atoms with E-state index in [2.05, 4.69) is 10.9 Å². The Bertz CT molecular complexity index is 783. The number of rotatable bonds is 6. The molecule has 6 nitrogen and oxygen atoms in total. The van der Waals surface area contributed by atoms with Gasteiger partial charge in [0.2, 0.25) is 0 Å². The Balaban J connectivity index is 1.88. The van der Waals surface area contributed by atoms with Crippen LogP contribution in [-0.4, -0.2) is 24.5 Å². The van der Waals surface area contributed by atoms with E-state index < -0.39 is 17.9 Å². The molecule has 0 radical (unpaired) electrons. The van der Waals surface area contributed by atoms with Crippen LogP contribution in [0, 0.1) is 3.57 Å². The van der Waals surface area contributed by atoms with Crippen molar-refractivity contribution in [2.24, 2.45) is 0 Å². The van der Waals surface area contributed by atoms with Gasteiger partial charge in [-0.25, -0.2) is 0 Å². The van der Waals surface area contributed by atoms with Crippen molar-refractivity contribution in [3.05, 3.63) is 56.6 Å². The van der Waals surface area contributed by atoms with Crippen LogP contribution in [0.4, 0.5) is 0 Å². The monoisotopic (exact) mass is 488 g/mol. The van der Waals surface area contributed by atoms with Crippen molar-refractivity contribution in [1.29, 1.82) is 0 Å². The largest absolute Gasteiger partial charge is 0.494 e. The van der Waals surface area contributed by atoms with E-state index in [0.717, 1.165) is 9.32 Å². The predicted octanol–water partition coefficient (Wildman–Crippen LogP) is 3.57. The maximum atomic E-state index is 12.2. The first kappa shape index (κ1) is 20.3. The lowest BCUT2D eigenvalue weighted by Crippen LogP contribution is -2.47. The fourth-order valence-electron chi connectivity index (χ4n) is 2.00. The van der Waals surface area contributed by atoms with Gasteiger partial charge in [0, 0.05) is 8.59 Å². The van der Waals surface area contributed by atoms with Crippen molar-refractivity contribution in [2.45, 2.75) is 20.0 Å². The molecule has 138 valence electrons. The van der Waals surface area contributed by atoms with Gasteiger partial charge in [0.1, 0.15) is 11.5 Å². The highest BCUT2D eigenvalue weighted by Crippen LogP contribution is 2.19. The van der Waals surface area contributed by atoms with Crippen molar-refractivity contribution < 1.29 is 19.1 Å². The second-order valence-corrected chi connectivity index (χ2v) is 6.83. The number of ether oxygens (including phenoxy) is 2. The van der Waals surface area contributed by atoms with Crippen LogP contribution in [0.25, 0.3) is 0 Å². The minimum atomic E-state index is -0.799. The lowest BCUT2D eigenvalue weighted by Gasteiger charge is -2.15. The fraction of sp³-hybridized carbons (Fsp3) is 0.222. The molecule has 2 aromatic carbocycles. The molecule has 2 N–H and O–H groups in total. The number of benzene rings is 2. The molecule has 8 heteroatoms. The summed E-state index contributed by atoms with van der Waals surface area (Å²) in [5.74, 6) is 0.301. The normalized spacial score (nSPS) is 11.4. The van der Waals surface area contributed by atoms with E-state index in [9.17, 15) is 9.59 Å². The molecule has 0 spiro atoms. The van der Waals surface area contributed by atoms with Gasteiger partial charge >= 0.3 is 0 Å². The summed E-state index contributed by atoms with van der Waals surface area (Å²) in [6.45, 7) is 4.06. The van der Waals surface area contributed by atoms with E-state index in [-0.39, 0.29) is 0 Å². The van der Waals surface area contributed by atoms with Crippen molar-refractivity contribution >= 4 is 46.0 Å². The first-order valence-electron chi connectivity index (χ1n) is 7.85. The number of hydrogen-bond donors (Lipinski definition) is 2. The van der Waals surface area contributed by atoms with Crippen LogP contribution in [0.2, 0.25) is 5.02 Å². The number of nitrogens with one attached hydrogen (secondary N) is 2. The average Bonchev–Trinajstić information content (AvgIpc) is 2.63. The van der Waals surface area contributed by atoms with Gasteiger partial charge in [-0.15, -0.1) is 0 Å². The van der Waals surface area contributed by atoms with Crippen LogP contribution in [0.3, 0.4) is 0 Å². The van der Waals surface area contributed by atoms with Crippen molar-refractivity contribution in [1.82, 2.24) is 10.9 Å². The molecule has 0 aliphatic rings. The Morgan fingerprint density at radius 1 is 1.12 bits per heavy atom. The zero-order chi connectivity index (χ0) is 19.1. The van der Waals surface area contributed by atoms with Crippen LogP contribution < -0.4 is 20.3 Å². The summed E-state index contributed by atoms with van der Waals surface area (Å²) in [6, 6.07) is 11.9. The van der Waals surface area contributed by atoms with E-state index in [0.29, 0.717) is 22.9 Å². The Morgan fingerprint density at radius 3 is 2.42 bits per heavy atom. The Hall–Kier alpha value is -2.00. The molecule has 0 aliphatic carbocycles. The second kappa shape index (κ2) is 9.63. The van der Waals surface area contributed by atoms with Crippen LogP contribution in [0.5, 0.6) is 11.5 Å². The van der Waals surface area contributed by atoms with E-state index in [1.165, 1.54) is 6.07 Å². The van der Waals surface area contributed by atoms with Crippen LogP contribution in [0.1, 0.15) is 24.2 Å². The summed E-state index contributed by atoms with van der Waals surface area (Å²) in [6.07, 6.45) is -0.799. The summed E-state index contributed by atoms with van der Waals surface area (Å²) < 4.78 is 11.6. The molecule has 1 atom stereocenters. The molecule has 1 unspecified atom stereocenters. The molecule has 0 saturated carbocycles. The highest BCUT2D eigenvalue weighted by Gasteiger charge is 2.17. The minimum absolute atomic E-state index is 0.374. The molecule has 0 aliphatic heterocycles. The number of amides is 2. The molecule has 2 rings (SSSR count). The zero-order valence-corrected chi connectivity index (χ0v) is 17.1. The lowest BCUT2D eigenvalue weighted by atomic mass is 10.2. The maximum Gasteiger partial charge on any atom is 0.279 e. The van der Waals surface area contributed by atoms with Gasteiger partial charge in [-0.2, -0.15) is 0 Å². The molecular formula is C18H18ClIN2O4. The summed E-state index contributed by atoms with van der Waals surface area (Å²) in [4.78, 5) is 24.3. The number of carbonyl (C=O) groups is 2. The van der Waals surface area contributed by atoms with Gasteiger partial charge < -0.3 is 9.47 Å². The van der Waals surface area contributed by atoms with Gasteiger partial charge in [0.15, 0.2) is 6.10 Å². The highest BCUT2D eigenvalue weighted by atomic mass is 127. The molecule has 2 aromatic rings. The van der Waals surface area contributed by atoms with Crippen LogP contribution in [0.15, 0.2) is 42.5 Å². The summed E-state index contributed by atoms with van der Waals surface area (Å²) >= 11 is 7.91. The van der Waals surface area contributed by atoms with Gasteiger partial charge in [-0.3, -0.25) is 20.4 Å². The topological polar surface area (TPSA) is 76.7 Å². The third-order valence-corrected chi connectivity index (χ3v) is 4.46. The molecule has 2 amide bonds. The fourth-order valence-corrected chi connectivity index (χ4v) is 2.75. The summed E-state index contributed by atoms with van der Waals surface area (Å²) in [5, 5.41) is 0.439. The number of hydrazine groups is 1. The predicted molar refractivity (Wildman–Crippen MR) is 107 cm³/mol. The van der Waals surface area contributed by atoms with Gasteiger partial charge in [-0.05, 0) is 78.9 Å². The van der Waals surface area contributed by atoms with E-state index in [1.807, 2.05) is 29.5 Å². The quantitative estimate of drug-likeness (QED) is 0.481. The number of halogens is 2. The molecular weight excluding hydrogens is 471 g/mol. The first-order chi connectivity index (χ1) is 12.4. The molecule has 0 aromatic heterocycles. The average molecular weight is 489 g/mol. The third kappa shape index (κ3) is 5.77. The van der Waals surface area contributed by atoms with Crippen molar-refractivity contribution in [3.8, 4) is 11.5 Å². The van der Waals surface area contributed by atoms with E-state index in [4.69, 9.17) is 21.1 Å². The Labute approximate surface area is 170 Å². The Morgan fingerprint density at radius 2 is 1.77 bits per heavy atom. The van der Waals surface area contributed by atoms with Gasteiger partial charge in [0.05, 0.1) is 12.2 Å². The summed E-state index contributed by atoms with van der Waals surface area (Å²) in [5.41, 5.74) is 5.08. The molecule has 0 saturated heterocycles. The third-order valence-electron chi connectivity index (χ3n) is 3.29. The zero-order valence-electron chi connectivity index (χ0n) is 14.2. The molecule has 0 bridgehead atoms. The number of carbonyl (C=O) groups excluding carboxylic acids is 2. The summed E-state index contributed by atoms with van der Waals surface area (Å²) in [7, 11) is 0. The van der Waals surface area contributed by atoms with Gasteiger partial charge in [-0.1, -0.05) is 11.6 Å². The van der Waals surface area contributed by atoms with Crippen molar-refractivity contribution in [2.75, 3.05) is 6.61 Å². The first-order valence-corrected chi connectivity index (χ1v) is 9.31. The van der Waals surface area contributed by atoms with Gasteiger partial charge in [0.25, 0.3) is 11.8 Å². The molecule has 0 fully saturated rings. The highest BCUT2D eigenvalue weighted by molar-refractivity contribution is 14.1. The lowest BCUT2D eigenvalue weighted by molar-refractivity contribution is -0.128. The Kier molecular flexibility index (Phi) is 7.52. The standard InChI is InChI=1S/C18H18ClIN2O4/c1-3-25-13-5-7-14(8-6-13)26-11(2)17(23)21-22-18(24)15-10-12(19)4-9-16(15)20/h4-11H,3H2,1-2H3,(H,21,23)(H,22,24). The maximum absolute atomic E-state index is 12.2. The van der Waals surface area contributed by atoms with Crippen LogP contribution >= 0.6 is 34.2 Å². The SMILES string of the molecule is CCOc1ccc(OC(C)C(=O)NNC(=O)c2cc(Cl)ccc2I)cc1. The van der Waals surface area contributed by atoms with E-state index in [1.54, 1.807) is 43.3 Å². The van der Waals surface area contributed by atoms with E-state index >= 15 is 0 Å². The van der Waals surface area contributed by atoms with Crippen molar-refractivity contribution in [3.63, 3.8) is 0 Å².